The number of fused-ring (bicyclic) bond motifs is 1. The van der Waals surface area contributed by atoms with E-state index in [2.05, 4.69) is 10.1 Å². The molecule has 0 aliphatic rings. The number of hydrogen-bond donors (Lipinski definition) is 0. The van der Waals surface area contributed by atoms with Crippen molar-refractivity contribution in [3.63, 3.8) is 0 Å². The van der Waals surface area contributed by atoms with Crippen LogP contribution in [0.15, 0.2) is 29.4 Å². The first-order valence-corrected chi connectivity index (χ1v) is 9.04. The molecule has 1 aromatic carbocycles. The summed E-state index contributed by atoms with van der Waals surface area (Å²) in [6.07, 6.45) is 1.74. The zero-order valence-corrected chi connectivity index (χ0v) is 16.0. The number of carbonyl (C=O) groups excluding carboxylic acids is 2. The topological polar surface area (TPSA) is 78.5 Å². The number of hydrogen-bond acceptors (Lipinski definition) is 5. The van der Waals surface area contributed by atoms with Crippen LogP contribution < -0.4 is 4.80 Å². The summed E-state index contributed by atoms with van der Waals surface area (Å²) in [6, 6.07) is 5.68. The summed E-state index contributed by atoms with van der Waals surface area (Å²) in [4.78, 5) is 29.0. The maximum Gasteiger partial charge on any atom is 0.325 e. The first-order valence-electron chi connectivity index (χ1n) is 8.22. The monoisotopic (exact) mass is 372 g/mol. The van der Waals surface area contributed by atoms with E-state index in [-0.39, 0.29) is 12.2 Å². The van der Waals surface area contributed by atoms with Gasteiger partial charge < -0.3 is 9.30 Å². The standard InChI is InChI=1S/C18H20N4O3S/c1-5-21-7-6-13(20-21)17(24)19-18-22(10-16(23)25-4)14-8-11(2)12(3)9-15(14)26-18/h6-9H,5,10H2,1-4H3. The van der Waals surface area contributed by atoms with Crippen LogP contribution in [-0.4, -0.2) is 33.3 Å². The van der Waals surface area contributed by atoms with Gasteiger partial charge >= 0.3 is 5.97 Å². The number of carbonyl (C=O) groups is 2. The summed E-state index contributed by atoms with van der Waals surface area (Å²) in [7, 11) is 1.34. The lowest BCUT2D eigenvalue weighted by molar-refractivity contribution is -0.141. The van der Waals surface area contributed by atoms with Gasteiger partial charge in [0.05, 0.1) is 17.3 Å². The highest BCUT2D eigenvalue weighted by Crippen LogP contribution is 2.22. The number of benzene rings is 1. The Labute approximate surface area is 154 Å². The van der Waals surface area contributed by atoms with Crippen molar-refractivity contribution in [2.24, 2.45) is 4.99 Å². The van der Waals surface area contributed by atoms with Gasteiger partial charge in [-0.25, -0.2) is 0 Å². The van der Waals surface area contributed by atoms with Gasteiger partial charge in [0.2, 0.25) is 0 Å². The highest BCUT2D eigenvalue weighted by molar-refractivity contribution is 7.16. The van der Waals surface area contributed by atoms with Crippen LogP contribution in [0.25, 0.3) is 10.2 Å². The van der Waals surface area contributed by atoms with Gasteiger partial charge in [-0.05, 0) is 50.1 Å². The normalized spacial score (nSPS) is 11.9. The van der Waals surface area contributed by atoms with Crippen molar-refractivity contribution in [3.8, 4) is 0 Å². The Kier molecular flexibility index (Phi) is 5.03. The Hall–Kier alpha value is -2.74. The quantitative estimate of drug-likeness (QED) is 0.659. The zero-order chi connectivity index (χ0) is 18.8. The Morgan fingerprint density at radius 2 is 2.00 bits per heavy atom. The third-order valence-corrected chi connectivity index (χ3v) is 5.24. The molecule has 2 aromatic heterocycles. The molecule has 0 bridgehead atoms. The number of amides is 1. The third-order valence-electron chi connectivity index (χ3n) is 4.19. The average molecular weight is 372 g/mol. The highest BCUT2D eigenvalue weighted by Gasteiger charge is 2.14. The third kappa shape index (κ3) is 3.45. The van der Waals surface area contributed by atoms with Crippen molar-refractivity contribution < 1.29 is 14.3 Å². The van der Waals surface area contributed by atoms with Gasteiger partial charge in [-0.2, -0.15) is 10.1 Å². The van der Waals surface area contributed by atoms with Crippen molar-refractivity contribution in [1.82, 2.24) is 14.3 Å². The average Bonchev–Trinajstić information content (AvgIpc) is 3.21. The second-order valence-corrected chi connectivity index (χ2v) is 6.93. The molecule has 0 spiro atoms. The Balaban J connectivity index is 2.15. The van der Waals surface area contributed by atoms with Crippen molar-refractivity contribution in [2.75, 3.05) is 7.11 Å². The SMILES string of the molecule is CCn1ccc(C(=O)N=c2sc3cc(C)c(C)cc3n2CC(=O)OC)n1. The number of rotatable bonds is 4. The van der Waals surface area contributed by atoms with Crippen molar-refractivity contribution in [3.05, 3.63) is 46.0 Å². The van der Waals surface area contributed by atoms with Crippen LogP contribution in [0.1, 0.15) is 28.5 Å². The predicted octanol–water partition coefficient (Wildman–Crippen LogP) is 2.45. The van der Waals surface area contributed by atoms with Crippen LogP contribution in [0.5, 0.6) is 0 Å². The fourth-order valence-electron chi connectivity index (χ4n) is 2.55. The first kappa shape index (κ1) is 18.1. The van der Waals surface area contributed by atoms with E-state index in [1.54, 1.807) is 21.5 Å². The van der Waals surface area contributed by atoms with Gasteiger partial charge in [0.25, 0.3) is 5.91 Å². The minimum atomic E-state index is -0.434. The number of aryl methyl sites for hydroxylation is 3. The van der Waals surface area contributed by atoms with E-state index in [0.29, 0.717) is 11.3 Å². The van der Waals surface area contributed by atoms with Crippen LogP contribution in [0.2, 0.25) is 0 Å². The Morgan fingerprint density at radius 1 is 1.27 bits per heavy atom. The van der Waals surface area contributed by atoms with E-state index in [9.17, 15) is 9.59 Å². The summed E-state index contributed by atoms with van der Waals surface area (Å²) in [5, 5.41) is 4.19. The van der Waals surface area contributed by atoms with Crippen molar-refractivity contribution >= 4 is 33.4 Å². The minimum absolute atomic E-state index is 0.00544. The molecule has 0 N–H and O–H groups in total. The summed E-state index contributed by atoms with van der Waals surface area (Å²) < 4.78 is 9.14. The molecule has 136 valence electrons. The molecule has 0 radical (unpaired) electrons. The van der Waals surface area contributed by atoms with E-state index in [1.807, 2.05) is 32.9 Å². The molecule has 3 aromatic rings. The molecule has 0 saturated carbocycles. The van der Waals surface area contributed by atoms with E-state index in [4.69, 9.17) is 4.74 Å². The number of esters is 1. The van der Waals surface area contributed by atoms with Gasteiger partial charge in [-0.3, -0.25) is 14.3 Å². The molecule has 0 atom stereocenters. The number of aromatic nitrogens is 3. The Morgan fingerprint density at radius 3 is 2.65 bits per heavy atom. The molecule has 0 aliphatic carbocycles. The van der Waals surface area contributed by atoms with Gasteiger partial charge in [0.1, 0.15) is 6.54 Å². The summed E-state index contributed by atoms with van der Waals surface area (Å²) >= 11 is 1.37. The maximum absolute atomic E-state index is 12.5. The first-order chi connectivity index (χ1) is 12.4. The molecule has 0 saturated heterocycles. The molecule has 1 amide bonds. The number of nitrogens with zero attached hydrogens (tertiary/aromatic N) is 4. The fourth-order valence-corrected chi connectivity index (χ4v) is 3.66. The second-order valence-electron chi connectivity index (χ2n) is 5.92. The van der Waals surface area contributed by atoms with Gasteiger partial charge in [-0.1, -0.05) is 11.3 Å². The van der Waals surface area contributed by atoms with E-state index < -0.39 is 11.9 Å². The molecule has 8 heteroatoms. The largest absolute Gasteiger partial charge is 0.468 e. The van der Waals surface area contributed by atoms with Crippen LogP contribution in [-0.2, 0) is 22.6 Å². The molecular weight excluding hydrogens is 352 g/mol. The molecule has 26 heavy (non-hydrogen) atoms. The van der Waals surface area contributed by atoms with Crippen LogP contribution in [0.3, 0.4) is 0 Å². The Bertz CT molecular complexity index is 1060. The lowest BCUT2D eigenvalue weighted by Gasteiger charge is -2.05. The maximum atomic E-state index is 12.5. The minimum Gasteiger partial charge on any atom is -0.468 e. The molecular formula is C18H20N4O3S. The zero-order valence-electron chi connectivity index (χ0n) is 15.1. The number of thiazole rings is 1. The smallest absolute Gasteiger partial charge is 0.325 e. The van der Waals surface area contributed by atoms with Crippen LogP contribution >= 0.6 is 11.3 Å². The number of ether oxygens (including phenoxy) is 1. The van der Waals surface area contributed by atoms with Crippen LogP contribution in [0.4, 0.5) is 0 Å². The molecule has 3 rings (SSSR count). The van der Waals surface area contributed by atoms with Gasteiger partial charge in [-0.15, -0.1) is 0 Å². The molecule has 0 aliphatic heterocycles. The number of methoxy groups -OCH3 is 1. The van der Waals surface area contributed by atoms with Crippen molar-refractivity contribution in [2.45, 2.75) is 33.9 Å². The molecule has 0 unspecified atom stereocenters. The van der Waals surface area contributed by atoms with Crippen LogP contribution in [0, 0.1) is 13.8 Å². The van der Waals surface area contributed by atoms with E-state index >= 15 is 0 Å². The molecule has 0 fully saturated rings. The highest BCUT2D eigenvalue weighted by atomic mass is 32.1. The summed E-state index contributed by atoms with van der Waals surface area (Å²) in [6.45, 7) is 6.65. The van der Waals surface area contributed by atoms with Gasteiger partial charge in [0.15, 0.2) is 10.5 Å². The molecule has 2 heterocycles. The van der Waals surface area contributed by atoms with Gasteiger partial charge in [0, 0.05) is 12.7 Å². The van der Waals surface area contributed by atoms with E-state index in [1.165, 1.54) is 18.4 Å². The summed E-state index contributed by atoms with van der Waals surface area (Å²) in [5.41, 5.74) is 3.38. The molecule has 7 nitrogen and oxygen atoms in total. The van der Waals surface area contributed by atoms with Crippen molar-refractivity contribution in [1.29, 1.82) is 0 Å². The predicted molar refractivity (Wildman–Crippen MR) is 99.1 cm³/mol. The lowest BCUT2D eigenvalue weighted by Crippen LogP contribution is -2.22. The summed E-state index contributed by atoms with van der Waals surface area (Å²) in [5.74, 6) is -0.831. The second kappa shape index (κ2) is 7.25. The lowest BCUT2D eigenvalue weighted by atomic mass is 10.1. The fraction of sp³-hybridized carbons (Fsp3) is 0.333. The van der Waals surface area contributed by atoms with E-state index in [0.717, 1.165) is 21.3 Å².